The van der Waals surface area contributed by atoms with Gasteiger partial charge in [-0.2, -0.15) is 0 Å². The molecule has 2 nitrogen and oxygen atoms in total. The second kappa shape index (κ2) is 5.54. The molecule has 100 valence electrons. The van der Waals surface area contributed by atoms with E-state index in [0.717, 1.165) is 18.0 Å². The quantitative estimate of drug-likeness (QED) is 0.773. The first-order valence-corrected chi connectivity index (χ1v) is 7.70. The molecule has 2 heterocycles. The molecule has 1 fully saturated rings. The third-order valence-electron chi connectivity index (χ3n) is 3.92. The van der Waals surface area contributed by atoms with Crippen molar-refractivity contribution in [3.8, 4) is 0 Å². The zero-order valence-corrected chi connectivity index (χ0v) is 12.5. The molecular weight excluding hydrogens is 242 g/mol. The molecule has 0 aliphatic carbocycles. The summed E-state index contributed by atoms with van der Waals surface area (Å²) in [5, 5.41) is 0. The van der Waals surface area contributed by atoms with Gasteiger partial charge in [0.25, 0.3) is 0 Å². The van der Waals surface area contributed by atoms with Crippen LogP contribution in [-0.4, -0.2) is 29.3 Å². The van der Waals surface area contributed by atoms with Gasteiger partial charge in [0.1, 0.15) is 0 Å². The highest BCUT2D eigenvalue weighted by Crippen LogP contribution is 2.27. The van der Waals surface area contributed by atoms with Crippen molar-refractivity contribution in [3.63, 3.8) is 0 Å². The fourth-order valence-corrected chi connectivity index (χ4v) is 3.59. The molecule has 0 spiro atoms. The molecule has 0 aromatic carbocycles. The molecule has 0 N–H and O–H groups in total. The van der Waals surface area contributed by atoms with Crippen molar-refractivity contribution in [1.82, 2.24) is 4.90 Å². The summed E-state index contributed by atoms with van der Waals surface area (Å²) in [6.07, 6.45) is 5.05. The van der Waals surface area contributed by atoms with E-state index < -0.39 is 0 Å². The van der Waals surface area contributed by atoms with E-state index in [1.165, 1.54) is 30.6 Å². The average Bonchev–Trinajstić information content (AvgIpc) is 2.61. The number of carbonyl (C=O) groups is 1. The number of Topliss-reactive ketones (excluding diaryl/α,β-unsaturated/α-hetero) is 1. The van der Waals surface area contributed by atoms with Gasteiger partial charge in [-0.25, -0.2) is 0 Å². The van der Waals surface area contributed by atoms with E-state index in [4.69, 9.17) is 0 Å². The zero-order chi connectivity index (χ0) is 13.2. The molecule has 1 aromatic rings. The largest absolute Gasteiger partial charge is 0.291 e. The van der Waals surface area contributed by atoms with Gasteiger partial charge in [0.15, 0.2) is 5.78 Å². The summed E-state index contributed by atoms with van der Waals surface area (Å²) in [7, 11) is 0. The second-order valence-corrected chi connectivity index (χ2v) is 6.99. The fourth-order valence-electron chi connectivity index (χ4n) is 2.63. The van der Waals surface area contributed by atoms with Crippen LogP contribution in [-0.2, 0) is 0 Å². The van der Waals surface area contributed by atoms with Crippen molar-refractivity contribution in [2.45, 2.75) is 52.0 Å². The molecular formula is C15H23NOS. The molecule has 1 saturated heterocycles. The Morgan fingerprint density at radius 1 is 1.17 bits per heavy atom. The van der Waals surface area contributed by atoms with Gasteiger partial charge < -0.3 is 0 Å². The minimum atomic E-state index is -0.359. The lowest BCUT2D eigenvalue weighted by atomic mass is 9.95. The molecule has 1 aliphatic heterocycles. The highest BCUT2D eigenvalue weighted by molar-refractivity contribution is 7.14. The standard InChI is InChI=1S/C15H23NOS/c1-12-8-9-13(18-12)14(17)15(2,3)16-10-6-4-5-7-11-16/h8-9H,4-7,10-11H2,1-3H3. The van der Waals surface area contributed by atoms with Crippen molar-refractivity contribution in [2.75, 3.05) is 13.1 Å². The Morgan fingerprint density at radius 3 is 2.28 bits per heavy atom. The summed E-state index contributed by atoms with van der Waals surface area (Å²) in [6, 6.07) is 4.01. The predicted molar refractivity (Wildman–Crippen MR) is 77.5 cm³/mol. The van der Waals surface area contributed by atoms with Crippen LogP contribution in [0, 0.1) is 6.92 Å². The van der Waals surface area contributed by atoms with Gasteiger partial charge in [0.2, 0.25) is 0 Å². The number of likely N-dealkylation sites (tertiary alicyclic amines) is 1. The monoisotopic (exact) mass is 265 g/mol. The Labute approximate surface area is 114 Å². The van der Waals surface area contributed by atoms with E-state index in [1.54, 1.807) is 11.3 Å². The number of ketones is 1. The topological polar surface area (TPSA) is 20.3 Å². The van der Waals surface area contributed by atoms with Crippen LogP contribution in [0.1, 0.15) is 54.1 Å². The van der Waals surface area contributed by atoms with E-state index in [9.17, 15) is 4.79 Å². The molecule has 1 aliphatic rings. The van der Waals surface area contributed by atoms with Gasteiger partial charge in [-0.3, -0.25) is 9.69 Å². The SMILES string of the molecule is Cc1ccc(C(=O)C(C)(C)N2CCCCCC2)s1. The molecule has 3 heteroatoms. The summed E-state index contributed by atoms with van der Waals surface area (Å²) < 4.78 is 0. The number of carbonyl (C=O) groups excluding carboxylic acids is 1. The van der Waals surface area contributed by atoms with Crippen LogP contribution in [0.3, 0.4) is 0 Å². The molecule has 0 amide bonds. The van der Waals surface area contributed by atoms with E-state index in [0.29, 0.717) is 0 Å². The Bertz CT molecular complexity index is 414. The van der Waals surface area contributed by atoms with Gasteiger partial charge >= 0.3 is 0 Å². The lowest BCUT2D eigenvalue weighted by molar-refractivity contribution is 0.0654. The van der Waals surface area contributed by atoms with Gasteiger partial charge in [-0.1, -0.05) is 12.8 Å². The lowest BCUT2D eigenvalue weighted by Crippen LogP contribution is -2.50. The minimum absolute atomic E-state index is 0.280. The van der Waals surface area contributed by atoms with Gasteiger partial charge in [-0.15, -0.1) is 11.3 Å². The summed E-state index contributed by atoms with van der Waals surface area (Å²) >= 11 is 1.62. The van der Waals surface area contributed by atoms with Crippen LogP contribution in [0.25, 0.3) is 0 Å². The van der Waals surface area contributed by atoms with Crippen LogP contribution in [0.2, 0.25) is 0 Å². The summed E-state index contributed by atoms with van der Waals surface area (Å²) in [4.78, 5) is 17.1. The number of thiophene rings is 1. The molecule has 0 unspecified atom stereocenters. The fraction of sp³-hybridized carbons (Fsp3) is 0.667. The van der Waals surface area contributed by atoms with Crippen molar-refractivity contribution in [2.24, 2.45) is 0 Å². The zero-order valence-electron chi connectivity index (χ0n) is 11.7. The number of aryl methyl sites for hydroxylation is 1. The Hall–Kier alpha value is -0.670. The smallest absolute Gasteiger partial charge is 0.192 e. The summed E-state index contributed by atoms with van der Waals surface area (Å²) in [5.74, 6) is 0.280. The Balaban J connectivity index is 2.15. The first-order chi connectivity index (χ1) is 8.51. The molecule has 0 saturated carbocycles. The summed E-state index contributed by atoms with van der Waals surface area (Å²) in [5.41, 5.74) is -0.359. The Morgan fingerprint density at radius 2 is 1.78 bits per heavy atom. The lowest BCUT2D eigenvalue weighted by Gasteiger charge is -2.36. The summed E-state index contributed by atoms with van der Waals surface area (Å²) in [6.45, 7) is 8.33. The van der Waals surface area contributed by atoms with Crippen molar-refractivity contribution in [3.05, 3.63) is 21.9 Å². The average molecular weight is 265 g/mol. The number of rotatable bonds is 3. The maximum atomic E-state index is 12.7. The molecule has 0 atom stereocenters. The van der Waals surface area contributed by atoms with Crippen LogP contribution in [0.4, 0.5) is 0 Å². The maximum Gasteiger partial charge on any atom is 0.192 e. The predicted octanol–water partition coefficient (Wildman–Crippen LogP) is 3.89. The molecule has 0 bridgehead atoms. The minimum Gasteiger partial charge on any atom is -0.291 e. The van der Waals surface area contributed by atoms with E-state index >= 15 is 0 Å². The van der Waals surface area contributed by atoms with E-state index in [2.05, 4.69) is 25.7 Å². The molecule has 0 radical (unpaired) electrons. The first-order valence-electron chi connectivity index (χ1n) is 6.88. The van der Waals surface area contributed by atoms with Crippen LogP contribution in [0.5, 0.6) is 0 Å². The highest BCUT2D eigenvalue weighted by atomic mass is 32.1. The molecule has 18 heavy (non-hydrogen) atoms. The van der Waals surface area contributed by atoms with E-state index in [1.807, 2.05) is 12.1 Å². The van der Waals surface area contributed by atoms with Gasteiger partial charge in [0, 0.05) is 4.88 Å². The van der Waals surface area contributed by atoms with Gasteiger partial charge in [0.05, 0.1) is 10.4 Å². The number of nitrogens with zero attached hydrogens (tertiary/aromatic N) is 1. The molecule has 2 rings (SSSR count). The third-order valence-corrected chi connectivity index (χ3v) is 4.92. The van der Waals surface area contributed by atoms with Crippen LogP contribution < -0.4 is 0 Å². The normalized spacial score (nSPS) is 18.6. The van der Waals surface area contributed by atoms with Crippen molar-refractivity contribution in [1.29, 1.82) is 0 Å². The Kier molecular flexibility index (Phi) is 4.23. The first kappa shape index (κ1) is 13.8. The van der Waals surface area contributed by atoms with E-state index in [-0.39, 0.29) is 11.3 Å². The van der Waals surface area contributed by atoms with Crippen molar-refractivity contribution >= 4 is 17.1 Å². The molecule has 1 aromatic heterocycles. The highest BCUT2D eigenvalue weighted by Gasteiger charge is 2.35. The number of hydrogen-bond acceptors (Lipinski definition) is 3. The third kappa shape index (κ3) is 2.83. The number of hydrogen-bond donors (Lipinski definition) is 0. The van der Waals surface area contributed by atoms with Crippen LogP contribution >= 0.6 is 11.3 Å². The van der Waals surface area contributed by atoms with Crippen molar-refractivity contribution < 1.29 is 4.79 Å². The second-order valence-electron chi connectivity index (χ2n) is 5.70. The maximum absolute atomic E-state index is 12.7. The van der Waals surface area contributed by atoms with Gasteiger partial charge in [-0.05, 0) is 58.8 Å². The van der Waals surface area contributed by atoms with Crippen LogP contribution in [0.15, 0.2) is 12.1 Å².